The molecule has 0 nitrogen and oxygen atoms in total. The van der Waals surface area contributed by atoms with Crippen molar-refractivity contribution in [2.45, 2.75) is 60.3 Å². The maximum absolute atomic E-state index is 2.47. The molecule has 0 bridgehead atoms. The lowest BCUT2D eigenvalue weighted by Crippen LogP contribution is -2.34. The van der Waals surface area contributed by atoms with E-state index in [0.717, 1.165) is 29.6 Å². The van der Waals surface area contributed by atoms with Gasteiger partial charge in [-0.2, -0.15) is 0 Å². The van der Waals surface area contributed by atoms with Crippen LogP contribution in [-0.4, -0.2) is 0 Å². The molecule has 4 atom stereocenters. The largest absolute Gasteiger partial charge is 0.0651 e. The molecular weight excluding hydrogens is 168 g/mol. The summed E-state index contributed by atoms with van der Waals surface area (Å²) in [4.78, 5) is 0. The van der Waals surface area contributed by atoms with Crippen LogP contribution < -0.4 is 0 Å². The van der Waals surface area contributed by atoms with Crippen LogP contribution in [0, 0.1) is 29.6 Å². The van der Waals surface area contributed by atoms with E-state index >= 15 is 0 Å². The predicted molar refractivity (Wildman–Crippen MR) is 64.3 cm³/mol. The molecule has 0 heteroatoms. The van der Waals surface area contributed by atoms with E-state index in [1.54, 1.807) is 0 Å². The Labute approximate surface area is 90.5 Å². The summed E-state index contributed by atoms with van der Waals surface area (Å²) in [6.45, 7) is 12.1. The van der Waals surface area contributed by atoms with Crippen molar-refractivity contribution in [1.82, 2.24) is 0 Å². The molecule has 0 saturated heterocycles. The van der Waals surface area contributed by atoms with Crippen LogP contribution in [0.5, 0.6) is 0 Å². The van der Waals surface area contributed by atoms with Gasteiger partial charge < -0.3 is 0 Å². The van der Waals surface area contributed by atoms with Crippen molar-refractivity contribution < 1.29 is 0 Å². The van der Waals surface area contributed by atoms with Crippen LogP contribution in [0.25, 0.3) is 0 Å². The van der Waals surface area contributed by atoms with E-state index in [0.29, 0.717) is 0 Å². The van der Waals surface area contributed by atoms with Crippen molar-refractivity contribution in [3.63, 3.8) is 0 Å². The Bertz CT molecular complexity index is 159. The summed E-state index contributed by atoms with van der Waals surface area (Å²) >= 11 is 0. The Morgan fingerprint density at radius 1 is 1.14 bits per heavy atom. The molecule has 1 saturated carbocycles. The van der Waals surface area contributed by atoms with E-state index < -0.39 is 0 Å². The van der Waals surface area contributed by atoms with E-state index in [1.807, 2.05) is 0 Å². The third-order valence-electron chi connectivity index (χ3n) is 4.49. The molecule has 0 aromatic rings. The summed E-state index contributed by atoms with van der Waals surface area (Å²) in [5.41, 5.74) is 0. The molecule has 1 rings (SSSR count). The van der Waals surface area contributed by atoms with Crippen molar-refractivity contribution in [2.24, 2.45) is 29.6 Å². The second-order valence-electron chi connectivity index (χ2n) is 5.78. The zero-order valence-corrected chi connectivity index (χ0v) is 10.7. The van der Waals surface area contributed by atoms with Crippen LogP contribution >= 0.6 is 0 Å². The molecule has 4 unspecified atom stereocenters. The maximum atomic E-state index is 2.47. The minimum atomic E-state index is 0.879. The standard InChI is InChI=1S/C14H28/c1-6-11(4)13-9-7-8-12(5)14(13)10(2)3/h10-14H,6-9H2,1-5H3. The minimum absolute atomic E-state index is 0.879. The zero-order valence-electron chi connectivity index (χ0n) is 10.7. The Hall–Kier alpha value is 0. The molecule has 0 aliphatic heterocycles. The van der Waals surface area contributed by atoms with Gasteiger partial charge in [-0.3, -0.25) is 0 Å². The fourth-order valence-electron chi connectivity index (χ4n) is 3.60. The van der Waals surface area contributed by atoms with Crippen molar-refractivity contribution >= 4 is 0 Å². The van der Waals surface area contributed by atoms with Crippen molar-refractivity contribution in [3.8, 4) is 0 Å². The Kier molecular flexibility index (Phi) is 4.47. The molecule has 0 amide bonds. The predicted octanol–water partition coefficient (Wildman–Crippen LogP) is 4.74. The van der Waals surface area contributed by atoms with Crippen LogP contribution in [0.15, 0.2) is 0 Å². The van der Waals surface area contributed by atoms with Crippen LogP contribution in [-0.2, 0) is 0 Å². The van der Waals surface area contributed by atoms with Crippen LogP contribution in [0.4, 0.5) is 0 Å². The third kappa shape index (κ3) is 2.52. The highest BCUT2D eigenvalue weighted by Gasteiger charge is 2.34. The second kappa shape index (κ2) is 5.19. The van der Waals surface area contributed by atoms with Crippen molar-refractivity contribution in [1.29, 1.82) is 0 Å². The highest BCUT2D eigenvalue weighted by molar-refractivity contribution is 4.84. The number of rotatable bonds is 3. The van der Waals surface area contributed by atoms with Crippen molar-refractivity contribution in [3.05, 3.63) is 0 Å². The van der Waals surface area contributed by atoms with Gasteiger partial charge in [0.25, 0.3) is 0 Å². The number of hydrogen-bond donors (Lipinski definition) is 0. The van der Waals surface area contributed by atoms with Gasteiger partial charge in [0.1, 0.15) is 0 Å². The molecule has 84 valence electrons. The SMILES string of the molecule is CCC(C)C1CCCC(C)C1C(C)C. The lowest BCUT2D eigenvalue weighted by molar-refractivity contribution is 0.0757. The van der Waals surface area contributed by atoms with Crippen molar-refractivity contribution in [2.75, 3.05) is 0 Å². The van der Waals surface area contributed by atoms with Gasteiger partial charge in [-0.15, -0.1) is 0 Å². The molecule has 0 aromatic carbocycles. The van der Waals surface area contributed by atoms with Gasteiger partial charge in [0.05, 0.1) is 0 Å². The summed E-state index contributed by atoms with van der Waals surface area (Å²) in [6.07, 6.45) is 5.79. The lowest BCUT2D eigenvalue weighted by atomic mass is 9.63. The van der Waals surface area contributed by atoms with E-state index in [-0.39, 0.29) is 0 Å². The fourth-order valence-corrected chi connectivity index (χ4v) is 3.60. The van der Waals surface area contributed by atoms with Gasteiger partial charge in [0.2, 0.25) is 0 Å². The smallest absolute Gasteiger partial charge is 0.0334 e. The Morgan fingerprint density at radius 3 is 2.29 bits per heavy atom. The quantitative estimate of drug-likeness (QED) is 0.611. The van der Waals surface area contributed by atoms with E-state index in [9.17, 15) is 0 Å². The molecule has 1 aliphatic rings. The van der Waals surface area contributed by atoms with Gasteiger partial charge in [-0.1, -0.05) is 53.9 Å². The Morgan fingerprint density at radius 2 is 1.79 bits per heavy atom. The second-order valence-corrected chi connectivity index (χ2v) is 5.78. The first kappa shape index (κ1) is 12.1. The summed E-state index contributed by atoms with van der Waals surface area (Å²) in [5, 5.41) is 0. The average Bonchev–Trinajstić information content (AvgIpc) is 2.15. The van der Waals surface area contributed by atoms with Crippen LogP contribution in [0.1, 0.15) is 60.3 Å². The Balaban J connectivity index is 2.69. The van der Waals surface area contributed by atoms with Gasteiger partial charge in [-0.25, -0.2) is 0 Å². The summed E-state index contributed by atoms with van der Waals surface area (Å²) in [6, 6.07) is 0. The highest BCUT2D eigenvalue weighted by Crippen LogP contribution is 2.43. The van der Waals surface area contributed by atoms with Crippen LogP contribution in [0.3, 0.4) is 0 Å². The molecule has 0 spiro atoms. The first-order valence-corrected chi connectivity index (χ1v) is 6.57. The summed E-state index contributed by atoms with van der Waals surface area (Å²) < 4.78 is 0. The van der Waals surface area contributed by atoms with E-state index in [2.05, 4.69) is 34.6 Å². The van der Waals surface area contributed by atoms with Gasteiger partial charge in [0.15, 0.2) is 0 Å². The highest BCUT2D eigenvalue weighted by atomic mass is 14.4. The fraction of sp³-hybridized carbons (Fsp3) is 1.00. The molecular formula is C14H28. The van der Waals surface area contributed by atoms with Crippen LogP contribution in [0.2, 0.25) is 0 Å². The summed E-state index contributed by atoms with van der Waals surface area (Å²) in [5.74, 6) is 4.76. The molecule has 14 heavy (non-hydrogen) atoms. The monoisotopic (exact) mass is 196 g/mol. The molecule has 1 aliphatic carbocycles. The normalized spacial score (nSPS) is 36.0. The third-order valence-corrected chi connectivity index (χ3v) is 4.49. The molecule has 0 aromatic heterocycles. The average molecular weight is 196 g/mol. The van der Waals surface area contributed by atoms with Gasteiger partial charge in [-0.05, 0) is 36.0 Å². The summed E-state index contributed by atoms with van der Waals surface area (Å²) in [7, 11) is 0. The lowest BCUT2D eigenvalue weighted by Gasteiger charge is -2.42. The van der Waals surface area contributed by atoms with E-state index in [4.69, 9.17) is 0 Å². The first-order valence-electron chi connectivity index (χ1n) is 6.57. The molecule has 1 fully saturated rings. The topological polar surface area (TPSA) is 0 Å². The number of hydrogen-bond acceptors (Lipinski definition) is 0. The van der Waals surface area contributed by atoms with E-state index in [1.165, 1.54) is 25.7 Å². The first-order chi connectivity index (χ1) is 6.57. The van der Waals surface area contributed by atoms with Gasteiger partial charge >= 0.3 is 0 Å². The minimum Gasteiger partial charge on any atom is -0.0651 e. The molecule has 0 N–H and O–H groups in total. The molecule has 0 heterocycles. The maximum Gasteiger partial charge on any atom is -0.0334 e. The molecule has 0 radical (unpaired) electrons. The van der Waals surface area contributed by atoms with Gasteiger partial charge in [0, 0.05) is 0 Å². The zero-order chi connectivity index (χ0) is 10.7.